The molecule has 0 unspecified atom stereocenters. The van der Waals surface area contributed by atoms with Crippen LogP contribution in [0.25, 0.3) is 0 Å². The van der Waals surface area contributed by atoms with E-state index in [-0.39, 0.29) is 29.5 Å². The summed E-state index contributed by atoms with van der Waals surface area (Å²) >= 11 is 6.15. The van der Waals surface area contributed by atoms with Crippen molar-refractivity contribution in [3.05, 3.63) is 125 Å². The van der Waals surface area contributed by atoms with Gasteiger partial charge in [-0.25, -0.2) is 8.42 Å². The van der Waals surface area contributed by atoms with Crippen LogP contribution >= 0.6 is 11.6 Å². The predicted octanol–water partition coefficient (Wildman–Crippen LogP) is 6.49. The van der Waals surface area contributed by atoms with Crippen molar-refractivity contribution < 1.29 is 22.7 Å². The minimum absolute atomic E-state index is 0.0345. The van der Waals surface area contributed by atoms with Gasteiger partial charge < -0.3 is 15.0 Å². The largest absolute Gasteiger partial charge is 0.494 e. The lowest BCUT2D eigenvalue weighted by atomic mass is 10.0. The molecule has 0 aliphatic heterocycles. The van der Waals surface area contributed by atoms with Gasteiger partial charge in [0, 0.05) is 23.5 Å². The van der Waals surface area contributed by atoms with Gasteiger partial charge in [0.1, 0.15) is 18.3 Å². The smallest absolute Gasteiger partial charge is 0.264 e. The monoisotopic (exact) mass is 661 g/mol. The number of carbonyl (C=O) groups excluding carboxylic acids is 2. The molecule has 0 fully saturated rings. The number of sulfonamides is 1. The van der Waals surface area contributed by atoms with Gasteiger partial charge >= 0.3 is 0 Å². The summed E-state index contributed by atoms with van der Waals surface area (Å²) in [6.07, 6.45) is 0.219. The van der Waals surface area contributed by atoms with Gasteiger partial charge in [0.2, 0.25) is 11.8 Å². The second kappa shape index (κ2) is 15.3. The minimum atomic E-state index is -4.19. The van der Waals surface area contributed by atoms with E-state index in [2.05, 4.69) is 5.32 Å². The molecule has 0 aliphatic carbocycles. The normalized spacial score (nSPS) is 12.2. The van der Waals surface area contributed by atoms with Crippen LogP contribution in [0, 0.1) is 0 Å². The lowest BCUT2D eigenvalue weighted by Crippen LogP contribution is -2.56. The molecule has 0 saturated carbocycles. The highest BCUT2D eigenvalue weighted by Gasteiger charge is 2.35. The van der Waals surface area contributed by atoms with Crippen LogP contribution in [0.2, 0.25) is 5.02 Å². The average molecular weight is 662 g/mol. The fourth-order valence-corrected chi connectivity index (χ4v) is 6.48. The second-order valence-corrected chi connectivity index (χ2v) is 14.1. The average Bonchev–Trinajstić information content (AvgIpc) is 3.03. The van der Waals surface area contributed by atoms with E-state index < -0.39 is 34.1 Å². The van der Waals surface area contributed by atoms with E-state index in [4.69, 9.17) is 16.3 Å². The highest BCUT2D eigenvalue weighted by atomic mass is 35.5. The van der Waals surface area contributed by atoms with E-state index in [1.807, 2.05) is 58.0 Å². The first-order valence-electron chi connectivity index (χ1n) is 15.1. The maximum absolute atomic E-state index is 14.5. The first-order chi connectivity index (χ1) is 21.9. The molecule has 4 aromatic rings. The Balaban J connectivity index is 1.80. The van der Waals surface area contributed by atoms with Gasteiger partial charge in [-0.15, -0.1) is 0 Å². The van der Waals surface area contributed by atoms with E-state index >= 15 is 0 Å². The molecule has 242 valence electrons. The molecule has 1 atom stereocenters. The minimum Gasteiger partial charge on any atom is -0.494 e. The van der Waals surface area contributed by atoms with Crippen LogP contribution < -0.4 is 14.4 Å². The summed E-state index contributed by atoms with van der Waals surface area (Å²) in [7, 11) is -4.19. The zero-order chi connectivity index (χ0) is 33.3. The first kappa shape index (κ1) is 34.5. The number of ether oxygens (including phenoxy) is 1. The number of amides is 2. The number of anilines is 1. The van der Waals surface area contributed by atoms with Gasteiger partial charge in [0.25, 0.3) is 10.0 Å². The Kier molecular flexibility index (Phi) is 11.5. The summed E-state index contributed by atoms with van der Waals surface area (Å²) in [6.45, 7) is 7.42. The van der Waals surface area contributed by atoms with E-state index in [1.165, 1.54) is 17.0 Å². The zero-order valence-electron chi connectivity index (χ0n) is 26.5. The Hall–Kier alpha value is -4.34. The van der Waals surface area contributed by atoms with Crippen LogP contribution in [0.4, 0.5) is 5.69 Å². The third kappa shape index (κ3) is 9.34. The molecule has 0 heterocycles. The molecule has 0 radical (unpaired) electrons. The third-order valence-corrected chi connectivity index (χ3v) is 9.12. The van der Waals surface area contributed by atoms with Crippen molar-refractivity contribution in [3.63, 3.8) is 0 Å². The molecule has 0 saturated heterocycles. The highest BCUT2D eigenvalue weighted by Crippen LogP contribution is 2.27. The molecular formula is C36H40ClN3O5S. The van der Waals surface area contributed by atoms with Crippen molar-refractivity contribution in [1.29, 1.82) is 0 Å². The van der Waals surface area contributed by atoms with Crippen molar-refractivity contribution in [2.45, 2.75) is 57.1 Å². The lowest BCUT2D eigenvalue weighted by molar-refractivity contribution is -0.140. The van der Waals surface area contributed by atoms with Crippen LogP contribution in [-0.4, -0.2) is 49.9 Å². The Labute approximate surface area is 277 Å². The number of carbonyl (C=O) groups is 2. The van der Waals surface area contributed by atoms with Crippen LogP contribution in [0.15, 0.2) is 114 Å². The van der Waals surface area contributed by atoms with Crippen molar-refractivity contribution in [1.82, 2.24) is 10.2 Å². The van der Waals surface area contributed by atoms with Gasteiger partial charge in [-0.05, 0) is 87.4 Å². The van der Waals surface area contributed by atoms with E-state index in [0.29, 0.717) is 17.4 Å². The molecule has 46 heavy (non-hydrogen) atoms. The lowest BCUT2D eigenvalue weighted by Gasteiger charge is -2.35. The van der Waals surface area contributed by atoms with Gasteiger partial charge in [-0.2, -0.15) is 0 Å². The molecule has 1 N–H and O–H groups in total. The molecular weight excluding hydrogens is 622 g/mol. The molecule has 4 rings (SSSR count). The number of hydrogen-bond donors (Lipinski definition) is 1. The SMILES string of the molecule is CCOc1ccc(N(CC(=O)N(Cc2ccc(Cl)cc2)[C@@H](Cc2ccccc2)C(=O)NC(C)(C)C)S(=O)(=O)c2ccccc2)cc1. The Morgan fingerprint density at radius 2 is 1.41 bits per heavy atom. The van der Waals surface area contributed by atoms with Crippen LogP contribution in [0.1, 0.15) is 38.8 Å². The maximum Gasteiger partial charge on any atom is 0.264 e. The molecule has 10 heteroatoms. The summed E-state index contributed by atoms with van der Waals surface area (Å²) < 4.78 is 34.9. The molecule has 4 aromatic carbocycles. The molecule has 0 spiro atoms. The van der Waals surface area contributed by atoms with Crippen molar-refractivity contribution in [2.24, 2.45) is 0 Å². The second-order valence-electron chi connectivity index (χ2n) is 11.8. The fraction of sp³-hybridized carbons (Fsp3) is 0.278. The Bertz CT molecular complexity index is 1690. The van der Waals surface area contributed by atoms with E-state index in [0.717, 1.165) is 15.4 Å². The molecule has 8 nitrogen and oxygen atoms in total. The summed E-state index contributed by atoms with van der Waals surface area (Å²) in [5, 5.41) is 3.56. The van der Waals surface area contributed by atoms with Crippen LogP contribution in [0.3, 0.4) is 0 Å². The van der Waals surface area contributed by atoms with Gasteiger partial charge in [0.05, 0.1) is 17.2 Å². The van der Waals surface area contributed by atoms with Crippen LogP contribution in [-0.2, 0) is 32.6 Å². The Morgan fingerprint density at radius 1 is 0.826 bits per heavy atom. The summed E-state index contributed by atoms with van der Waals surface area (Å²) in [4.78, 5) is 30.0. The number of nitrogens with one attached hydrogen (secondary N) is 1. The highest BCUT2D eigenvalue weighted by molar-refractivity contribution is 7.92. The number of nitrogens with zero attached hydrogens (tertiary/aromatic N) is 2. The number of rotatable bonds is 13. The van der Waals surface area contributed by atoms with Gasteiger partial charge in [-0.3, -0.25) is 13.9 Å². The summed E-state index contributed by atoms with van der Waals surface area (Å²) in [5.41, 5.74) is 1.29. The van der Waals surface area contributed by atoms with Crippen molar-refractivity contribution in [2.75, 3.05) is 17.5 Å². The van der Waals surface area contributed by atoms with E-state index in [1.54, 1.807) is 66.7 Å². The van der Waals surface area contributed by atoms with Gasteiger partial charge in [-0.1, -0.05) is 72.3 Å². The van der Waals surface area contributed by atoms with E-state index in [9.17, 15) is 18.0 Å². The standard InChI is InChI=1S/C36H40ClN3O5S/c1-5-45-31-22-20-30(21-23-31)40(46(43,44)32-14-10-7-11-15-32)26-34(41)39(25-28-16-18-29(37)19-17-28)33(35(42)38-36(2,3)4)24-27-12-8-6-9-13-27/h6-23,33H,5,24-26H2,1-4H3,(H,38,42)/t33-/m0/s1. The molecule has 2 amide bonds. The Morgan fingerprint density at radius 3 is 1.98 bits per heavy atom. The quantitative estimate of drug-likeness (QED) is 0.177. The predicted molar refractivity (Wildman–Crippen MR) is 182 cm³/mol. The third-order valence-electron chi connectivity index (χ3n) is 7.08. The zero-order valence-corrected chi connectivity index (χ0v) is 28.1. The fourth-order valence-electron chi connectivity index (χ4n) is 4.92. The number of halogens is 1. The molecule has 0 bridgehead atoms. The van der Waals surface area contributed by atoms with Crippen LogP contribution in [0.5, 0.6) is 5.75 Å². The summed E-state index contributed by atoms with van der Waals surface area (Å²) in [5.74, 6) is -0.327. The molecule has 0 aliphatic rings. The first-order valence-corrected chi connectivity index (χ1v) is 16.9. The maximum atomic E-state index is 14.5. The number of hydrogen-bond acceptors (Lipinski definition) is 5. The summed E-state index contributed by atoms with van der Waals surface area (Å²) in [6, 6.07) is 30.0. The van der Waals surface area contributed by atoms with Gasteiger partial charge in [0.15, 0.2) is 0 Å². The topological polar surface area (TPSA) is 96.0 Å². The van der Waals surface area contributed by atoms with Crippen molar-refractivity contribution >= 4 is 39.1 Å². The molecule has 0 aromatic heterocycles. The number of benzene rings is 4. The van der Waals surface area contributed by atoms with Crippen molar-refractivity contribution in [3.8, 4) is 5.75 Å².